The Morgan fingerprint density at radius 3 is 0.824 bits per heavy atom. The molecule has 91 heavy (non-hydrogen) atoms. The predicted molar refractivity (Wildman–Crippen MR) is 356 cm³/mol. The maximum atomic E-state index is 14.4. The third-order valence-corrected chi connectivity index (χ3v) is 17.3. The molecule has 14 N–H and O–H groups in total. The zero-order valence-corrected chi connectivity index (χ0v) is 59.5. The van der Waals surface area contributed by atoms with Crippen LogP contribution in [0.4, 0.5) is 0 Å². The minimum absolute atomic E-state index is 0.0495. The van der Waals surface area contributed by atoms with Gasteiger partial charge in [0, 0.05) is 5.75 Å². The van der Waals surface area contributed by atoms with Crippen molar-refractivity contribution in [2.24, 2.45) is 64.9 Å². The quantitative estimate of drug-likeness (QED) is 0.0387. The van der Waals surface area contributed by atoms with E-state index in [9.17, 15) is 62.6 Å². The van der Waals surface area contributed by atoms with Crippen molar-refractivity contribution in [3.05, 3.63) is 0 Å². The number of carbonyl (C=O) groups is 12. The molecule has 0 radical (unpaired) electrons. The maximum absolute atomic E-state index is 14.4. The Labute approximate surface area is 548 Å². The average molecular weight is 1310 g/mol. The number of nitrogens with two attached hydrogens (primary N) is 1. The summed E-state index contributed by atoms with van der Waals surface area (Å²) in [6.07, 6.45) is 2.85. The zero-order valence-electron chi connectivity index (χ0n) is 58.6. The van der Waals surface area contributed by atoms with Gasteiger partial charge in [0.05, 0.1) is 6.04 Å². The van der Waals surface area contributed by atoms with Crippen LogP contribution in [0, 0.1) is 59.2 Å². The summed E-state index contributed by atoms with van der Waals surface area (Å²) in [6.45, 7) is 37.6. The van der Waals surface area contributed by atoms with Gasteiger partial charge in [-0.1, -0.05) is 171 Å². The first-order valence-corrected chi connectivity index (χ1v) is 33.8. The Morgan fingerprint density at radius 2 is 0.549 bits per heavy atom. The number of carboxylic acids is 1. The number of amides is 11. The molecule has 17 atom stereocenters. The van der Waals surface area contributed by atoms with Crippen LogP contribution in [0.1, 0.15) is 203 Å². The molecule has 524 valence electrons. The Balaban J connectivity index is 6.72. The van der Waals surface area contributed by atoms with Crippen LogP contribution in [0.15, 0.2) is 0 Å². The van der Waals surface area contributed by atoms with Gasteiger partial charge < -0.3 is 69.3 Å². The maximum Gasteiger partial charge on any atom is 0.326 e. The van der Waals surface area contributed by atoms with Crippen LogP contribution in [0.3, 0.4) is 0 Å². The summed E-state index contributed by atoms with van der Waals surface area (Å²) in [7, 11) is 0. The van der Waals surface area contributed by atoms with E-state index in [1.165, 1.54) is 6.92 Å². The molecular formula is C65H120N12O13S. The third-order valence-electron chi connectivity index (χ3n) is 16.9. The standard InChI is InChI=1S/C65H120N12O13S/c1-22-37(16)48(66)59(83)73-49(36(14)15)60(84)67-42(21)54(78)74-50(38(17)23-2)61(85)69-44(28-33(8)9)57(81)76-53(41(20)26-5)64(88)72-47(31-91)58(82)77-52(40(19)25-4)63(87)70-45(29-34(10)11)56(80)75-51(39(18)24-3)62(86)68-43(27-32(6)7)55(79)71-46(65(89)90)30-35(12)13/h32-53,91H,22-31,66H2,1-21H3,(H,67,84)(H,68,86)(H,69,85)(H,70,87)(H,71,79)(H,72,88)(H,73,83)(H,74,78)(H,75,80)(H,76,81)(H,77,82)(H,89,90)/t37-,38-,39-,40-,41-,42-,43-,44-,45-,46-,47-,48-,49-,50-,51-,52-,53-/m0/s1. The molecule has 0 saturated heterocycles. The van der Waals surface area contributed by atoms with E-state index < -0.39 is 167 Å². The zero-order chi connectivity index (χ0) is 70.5. The highest BCUT2D eigenvalue weighted by Gasteiger charge is 2.40. The summed E-state index contributed by atoms with van der Waals surface area (Å²) in [5, 5.41) is 39.9. The minimum Gasteiger partial charge on any atom is -0.480 e. The normalized spacial score (nSPS) is 17.3. The molecule has 0 heterocycles. The van der Waals surface area contributed by atoms with Crippen LogP contribution in [-0.4, -0.2) is 154 Å². The van der Waals surface area contributed by atoms with E-state index in [2.05, 4.69) is 71.1 Å². The second kappa shape index (κ2) is 42.2. The lowest BCUT2D eigenvalue weighted by molar-refractivity contribution is -0.143. The predicted octanol–water partition coefficient (Wildman–Crippen LogP) is 3.75. The molecular weight excluding hydrogens is 1190 g/mol. The number of hydrogen-bond acceptors (Lipinski definition) is 14. The van der Waals surface area contributed by atoms with Crippen LogP contribution in [0.2, 0.25) is 0 Å². The van der Waals surface area contributed by atoms with Crippen LogP contribution in [0.25, 0.3) is 0 Å². The number of rotatable bonds is 43. The van der Waals surface area contributed by atoms with Gasteiger partial charge in [-0.25, -0.2) is 4.79 Å². The van der Waals surface area contributed by atoms with Crippen molar-refractivity contribution in [2.45, 2.75) is 276 Å². The van der Waals surface area contributed by atoms with Gasteiger partial charge in [0.2, 0.25) is 65.0 Å². The van der Waals surface area contributed by atoms with Crippen molar-refractivity contribution in [3.8, 4) is 0 Å². The molecule has 0 aromatic rings. The molecule has 0 bridgehead atoms. The summed E-state index contributed by atoms with van der Waals surface area (Å²) in [5.41, 5.74) is 6.13. The molecule has 25 nitrogen and oxygen atoms in total. The number of carboxylic acid groups (broad SMARTS) is 1. The highest BCUT2D eigenvalue weighted by Crippen LogP contribution is 2.18. The first-order chi connectivity index (χ1) is 42.3. The summed E-state index contributed by atoms with van der Waals surface area (Å²) in [6, 6.07) is -14.0. The van der Waals surface area contributed by atoms with Crippen molar-refractivity contribution in [1.82, 2.24) is 58.5 Å². The molecule has 0 rings (SSSR count). The van der Waals surface area contributed by atoms with E-state index in [4.69, 9.17) is 5.73 Å². The van der Waals surface area contributed by atoms with Crippen molar-refractivity contribution in [3.63, 3.8) is 0 Å². The smallest absolute Gasteiger partial charge is 0.326 e. The molecule has 0 unspecified atom stereocenters. The van der Waals surface area contributed by atoms with E-state index >= 15 is 0 Å². The molecule has 26 heteroatoms. The van der Waals surface area contributed by atoms with Gasteiger partial charge in [0.25, 0.3) is 0 Å². The lowest BCUT2D eigenvalue weighted by atomic mass is 9.94. The van der Waals surface area contributed by atoms with E-state index in [0.717, 1.165) is 0 Å². The second-order valence-electron chi connectivity index (χ2n) is 27.2. The van der Waals surface area contributed by atoms with E-state index in [1.807, 2.05) is 83.1 Å². The van der Waals surface area contributed by atoms with Crippen LogP contribution < -0.4 is 64.2 Å². The number of nitrogens with one attached hydrogen (secondary N) is 11. The van der Waals surface area contributed by atoms with Crippen LogP contribution in [0.5, 0.6) is 0 Å². The molecule has 0 saturated carbocycles. The Bertz CT molecular complexity index is 2380. The van der Waals surface area contributed by atoms with Crippen LogP contribution in [-0.2, 0) is 57.5 Å². The Morgan fingerprint density at radius 1 is 0.308 bits per heavy atom. The van der Waals surface area contributed by atoms with Crippen molar-refractivity contribution in [2.75, 3.05) is 5.75 Å². The van der Waals surface area contributed by atoms with E-state index in [1.54, 1.807) is 55.4 Å². The van der Waals surface area contributed by atoms with Gasteiger partial charge >= 0.3 is 5.97 Å². The molecule has 0 aromatic carbocycles. The lowest BCUT2D eigenvalue weighted by Gasteiger charge is -2.32. The Hall–Kier alpha value is -6.05. The number of aliphatic carboxylic acids is 1. The third kappa shape index (κ3) is 29.6. The topological polar surface area (TPSA) is 383 Å². The fraction of sp³-hybridized carbons (Fsp3) is 0.815. The Kier molecular flexibility index (Phi) is 39.4. The molecule has 0 aromatic heterocycles. The molecule has 0 aliphatic heterocycles. The van der Waals surface area contributed by atoms with Crippen molar-refractivity contribution < 1.29 is 62.6 Å². The van der Waals surface area contributed by atoms with Gasteiger partial charge in [-0.05, 0) is 91.8 Å². The van der Waals surface area contributed by atoms with Gasteiger partial charge in [-0.2, -0.15) is 12.6 Å². The van der Waals surface area contributed by atoms with E-state index in [0.29, 0.717) is 32.1 Å². The molecule has 0 aliphatic carbocycles. The largest absolute Gasteiger partial charge is 0.480 e. The fourth-order valence-electron chi connectivity index (χ4n) is 9.83. The summed E-state index contributed by atoms with van der Waals surface area (Å²) < 4.78 is 0. The molecule has 11 amide bonds. The first kappa shape index (κ1) is 85.0. The van der Waals surface area contributed by atoms with Gasteiger partial charge in [-0.3, -0.25) is 52.7 Å². The minimum atomic E-state index is -1.35. The summed E-state index contributed by atoms with van der Waals surface area (Å²) in [5.74, 6) is -11.9. The highest BCUT2D eigenvalue weighted by atomic mass is 32.1. The lowest BCUT2D eigenvalue weighted by Crippen LogP contribution is -2.63. The summed E-state index contributed by atoms with van der Waals surface area (Å²) >= 11 is 4.40. The van der Waals surface area contributed by atoms with Gasteiger partial charge in [0.1, 0.15) is 66.5 Å². The monoisotopic (exact) mass is 1310 g/mol. The molecule has 0 aliphatic rings. The van der Waals surface area contributed by atoms with Gasteiger partial charge in [-0.15, -0.1) is 0 Å². The van der Waals surface area contributed by atoms with E-state index in [-0.39, 0.29) is 66.9 Å². The van der Waals surface area contributed by atoms with Crippen LogP contribution >= 0.6 is 12.6 Å². The van der Waals surface area contributed by atoms with Crippen molar-refractivity contribution in [1.29, 1.82) is 0 Å². The number of thiol groups is 1. The fourth-order valence-corrected chi connectivity index (χ4v) is 10.1. The highest BCUT2D eigenvalue weighted by molar-refractivity contribution is 7.80. The number of hydrogen-bond donors (Lipinski definition) is 14. The molecule has 0 fully saturated rings. The number of carbonyl (C=O) groups excluding carboxylic acids is 11. The average Bonchev–Trinajstić information content (AvgIpc) is 1.96. The molecule has 0 spiro atoms. The second-order valence-corrected chi connectivity index (χ2v) is 27.6. The van der Waals surface area contributed by atoms with Crippen molar-refractivity contribution >= 4 is 83.6 Å². The SMILES string of the molecule is CC[C@H](C)[C@H](N)C(=O)N[C@H](C(=O)N[C@@H](C)C(=O)N[C@H](C(=O)N[C@@H](CC(C)C)C(=O)N[C@H](C(=O)N[C@@H](CS)C(=O)N[C@H](C(=O)N[C@@H](CC(C)C)C(=O)N[C@H](C(=O)N[C@@H](CC(C)C)C(=O)N[C@@H](CC(C)C)C(=O)O)[C@@H](C)CC)[C@@H](C)CC)[C@@H](C)CC)[C@@H](C)CC)C(C)C. The van der Waals surface area contributed by atoms with Gasteiger partial charge in [0.15, 0.2) is 0 Å². The summed E-state index contributed by atoms with van der Waals surface area (Å²) in [4.78, 5) is 166. The first-order valence-electron chi connectivity index (χ1n) is 33.2.